The van der Waals surface area contributed by atoms with Crippen LogP contribution < -0.4 is 10.6 Å². The van der Waals surface area contributed by atoms with E-state index in [1.165, 1.54) is 0 Å². The van der Waals surface area contributed by atoms with Crippen LogP contribution in [0.25, 0.3) is 0 Å². The second-order valence-electron chi connectivity index (χ2n) is 2.98. The molecule has 0 saturated carbocycles. The molecule has 0 aromatic rings. The molecule has 0 aliphatic rings. The number of rotatable bonds is 6. The van der Waals surface area contributed by atoms with Crippen LogP contribution in [0.1, 0.15) is 26.7 Å². The summed E-state index contributed by atoms with van der Waals surface area (Å²) >= 11 is 0. The van der Waals surface area contributed by atoms with Gasteiger partial charge in [-0.05, 0) is 13.5 Å². The Morgan fingerprint density at radius 3 is 2.85 bits per heavy atom. The molecular weight excluding hydrogens is 164 g/mol. The lowest BCUT2D eigenvalue weighted by atomic mass is 10.2. The molecule has 0 bridgehead atoms. The molecule has 0 radical (unpaired) electrons. The van der Waals surface area contributed by atoms with E-state index in [-0.39, 0.29) is 11.9 Å². The van der Waals surface area contributed by atoms with Gasteiger partial charge in [0.1, 0.15) is 0 Å². The molecule has 3 heteroatoms. The fourth-order valence-electron chi connectivity index (χ4n) is 0.953. The van der Waals surface area contributed by atoms with Gasteiger partial charge < -0.3 is 10.6 Å². The third-order valence-electron chi connectivity index (χ3n) is 1.61. The lowest BCUT2D eigenvalue weighted by molar-refractivity contribution is -0.121. The maximum atomic E-state index is 11.2. The average Bonchev–Trinajstić information content (AvgIpc) is 2.05. The Bertz CT molecular complexity index is 184. The minimum absolute atomic E-state index is 0.0590. The molecular formula is C10H18N2O. The first-order chi connectivity index (χ1) is 6.20. The monoisotopic (exact) mass is 182 g/mol. The highest BCUT2D eigenvalue weighted by atomic mass is 16.1. The van der Waals surface area contributed by atoms with Crippen LogP contribution >= 0.6 is 0 Å². The second-order valence-corrected chi connectivity index (χ2v) is 2.98. The Morgan fingerprint density at radius 2 is 2.31 bits per heavy atom. The number of nitrogens with one attached hydrogen (secondary N) is 2. The second kappa shape index (κ2) is 7.63. The van der Waals surface area contributed by atoms with Crippen LogP contribution in [0.2, 0.25) is 0 Å². The van der Waals surface area contributed by atoms with Gasteiger partial charge in [-0.3, -0.25) is 4.79 Å². The summed E-state index contributed by atoms with van der Waals surface area (Å²) in [7, 11) is 0. The van der Waals surface area contributed by atoms with E-state index in [2.05, 4.69) is 16.6 Å². The van der Waals surface area contributed by atoms with Crippen molar-refractivity contribution in [3.63, 3.8) is 0 Å². The maximum absolute atomic E-state index is 11.2. The molecule has 2 N–H and O–H groups in total. The summed E-state index contributed by atoms with van der Waals surface area (Å²) in [4.78, 5) is 11.2. The quantitative estimate of drug-likeness (QED) is 0.464. The number of hydrogen-bond donors (Lipinski definition) is 2. The van der Waals surface area contributed by atoms with Crippen molar-refractivity contribution in [3.05, 3.63) is 0 Å². The molecule has 0 heterocycles. The lowest BCUT2D eigenvalue weighted by Crippen LogP contribution is -2.34. The molecule has 0 fully saturated rings. The molecule has 0 aliphatic carbocycles. The highest BCUT2D eigenvalue weighted by Gasteiger charge is 2.04. The van der Waals surface area contributed by atoms with Gasteiger partial charge in [0.15, 0.2) is 0 Å². The van der Waals surface area contributed by atoms with E-state index in [0.29, 0.717) is 12.8 Å². The van der Waals surface area contributed by atoms with Gasteiger partial charge in [-0.1, -0.05) is 6.92 Å². The fourth-order valence-corrected chi connectivity index (χ4v) is 0.953. The van der Waals surface area contributed by atoms with Crippen molar-refractivity contribution in [3.8, 4) is 12.3 Å². The van der Waals surface area contributed by atoms with Crippen LogP contribution in [0.15, 0.2) is 0 Å². The predicted molar refractivity (Wildman–Crippen MR) is 54.2 cm³/mol. The van der Waals surface area contributed by atoms with E-state index in [9.17, 15) is 4.79 Å². The fraction of sp³-hybridized carbons (Fsp3) is 0.700. The van der Waals surface area contributed by atoms with Gasteiger partial charge in [0, 0.05) is 25.4 Å². The molecule has 0 rings (SSSR count). The maximum Gasteiger partial charge on any atom is 0.221 e. The number of carbonyl (C=O) groups excluding carboxylic acids is 1. The molecule has 0 aromatic carbocycles. The van der Waals surface area contributed by atoms with Gasteiger partial charge in [0.05, 0.1) is 0 Å². The van der Waals surface area contributed by atoms with Crippen molar-refractivity contribution < 1.29 is 4.79 Å². The van der Waals surface area contributed by atoms with E-state index in [0.717, 1.165) is 13.1 Å². The van der Waals surface area contributed by atoms with Gasteiger partial charge in [-0.2, -0.15) is 0 Å². The molecule has 3 nitrogen and oxygen atoms in total. The molecule has 1 unspecified atom stereocenters. The molecule has 1 amide bonds. The predicted octanol–water partition coefficient (Wildman–Crippen LogP) is 0.514. The van der Waals surface area contributed by atoms with Crippen LogP contribution in [-0.4, -0.2) is 25.0 Å². The van der Waals surface area contributed by atoms with Gasteiger partial charge >= 0.3 is 0 Å². The van der Waals surface area contributed by atoms with Crippen LogP contribution in [0, 0.1) is 12.3 Å². The van der Waals surface area contributed by atoms with Gasteiger partial charge in [0.25, 0.3) is 0 Å². The molecule has 74 valence electrons. The summed E-state index contributed by atoms with van der Waals surface area (Å²) in [6, 6.07) is 0.0825. The minimum Gasteiger partial charge on any atom is -0.353 e. The lowest BCUT2D eigenvalue weighted by Gasteiger charge is -2.10. The first-order valence-corrected chi connectivity index (χ1v) is 4.64. The third-order valence-corrected chi connectivity index (χ3v) is 1.61. The molecule has 13 heavy (non-hydrogen) atoms. The SMILES string of the molecule is C#CCC(C)NC(=O)CCNCC. The molecule has 0 aromatic heterocycles. The summed E-state index contributed by atoms with van der Waals surface area (Å²) in [6.07, 6.45) is 6.22. The van der Waals surface area contributed by atoms with Crippen molar-refractivity contribution in [2.45, 2.75) is 32.7 Å². The highest BCUT2D eigenvalue weighted by molar-refractivity contribution is 5.76. The molecule has 0 aliphatic heterocycles. The van der Waals surface area contributed by atoms with Gasteiger partial charge in [-0.25, -0.2) is 0 Å². The summed E-state index contributed by atoms with van der Waals surface area (Å²) in [6.45, 7) is 5.54. The van der Waals surface area contributed by atoms with E-state index in [1.54, 1.807) is 0 Å². The number of terminal acetylenes is 1. The number of hydrogen-bond acceptors (Lipinski definition) is 2. The summed E-state index contributed by atoms with van der Waals surface area (Å²) in [5.41, 5.74) is 0. The smallest absolute Gasteiger partial charge is 0.221 e. The first kappa shape index (κ1) is 12.0. The first-order valence-electron chi connectivity index (χ1n) is 4.64. The van der Waals surface area contributed by atoms with Gasteiger partial charge in [-0.15, -0.1) is 12.3 Å². The van der Waals surface area contributed by atoms with E-state index in [1.807, 2.05) is 13.8 Å². The Balaban J connectivity index is 3.45. The normalized spacial score (nSPS) is 11.8. The molecule has 0 saturated heterocycles. The number of carbonyl (C=O) groups is 1. The topological polar surface area (TPSA) is 41.1 Å². The molecule has 0 spiro atoms. The van der Waals surface area contributed by atoms with Crippen LogP contribution in [0.3, 0.4) is 0 Å². The standard InChI is InChI=1S/C10H18N2O/c1-4-6-9(3)12-10(13)7-8-11-5-2/h1,9,11H,5-8H2,2-3H3,(H,12,13). The van der Waals surface area contributed by atoms with Crippen LogP contribution in [-0.2, 0) is 4.79 Å². The summed E-state index contributed by atoms with van der Waals surface area (Å²) in [5, 5.41) is 5.90. The zero-order valence-electron chi connectivity index (χ0n) is 8.39. The van der Waals surface area contributed by atoms with E-state index in [4.69, 9.17) is 6.42 Å². The zero-order valence-corrected chi connectivity index (χ0v) is 8.39. The molecule has 1 atom stereocenters. The van der Waals surface area contributed by atoms with E-state index < -0.39 is 0 Å². The van der Waals surface area contributed by atoms with Crippen molar-refractivity contribution in [2.24, 2.45) is 0 Å². The number of amides is 1. The Morgan fingerprint density at radius 1 is 1.62 bits per heavy atom. The minimum atomic E-state index is 0.0590. The van der Waals surface area contributed by atoms with Crippen molar-refractivity contribution >= 4 is 5.91 Å². The van der Waals surface area contributed by atoms with Gasteiger partial charge in [0.2, 0.25) is 5.91 Å². The van der Waals surface area contributed by atoms with Crippen molar-refractivity contribution in [2.75, 3.05) is 13.1 Å². The van der Waals surface area contributed by atoms with Crippen molar-refractivity contribution in [1.82, 2.24) is 10.6 Å². The van der Waals surface area contributed by atoms with Crippen LogP contribution in [0.5, 0.6) is 0 Å². The Hall–Kier alpha value is -1.01. The zero-order chi connectivity index (χ0) is 10.1. The van der Waals surface area contributed by atoms with E-state index >= 15 is 0 Å². The summed E-state index contributed by atoms with van der Waals surface area (Å²) in [5.74, 6) is 2.57. The average molecular weight is 182 g/mol. The Kier molecular flexibility index (Phi) is 7.04. The third kappa shape index (κ3) is 7.35. The largest absolute Gasteiger partial charge is 0.353 e. The van der Waals surface area contributed by atoms with Crippen LogP contribution in [0.4, 0.5) is 0 Å². The van der Waals surface area contributed by atoms with Crippen molar-refractivity contribution in [1.29, 1.82) is 0 Å². The highest BCUT2D eigenvalue weighted by Crippen LogP contribution is 1.88. The Labute approximate surface area is 80.3 Å². The summed E-state index contributed by atoms with van der Waals surface area (Å²) < 4.78 is 0.